The predicted molar refractivity (Wildman–Crippen MR) is 89.9 cm³/mol. The highest BCUT2D eigenvalue weighted by atomic mass is 79.9. The Morgan fingerprint density at radius 2 is 1.64 bits per heavy atom. The van der Waals surface area contributed by atoms with Crippen LogP contribution in [0.25, 0.3) is 0 Å². The molecule has 0 radical (unpaired) electrons. The average molecular weight is 402 g/mol. The maximum absolute atomic E-state index is 12.8. The summed E-state index contributed by atoms with van der Waals surface area (Å²) in [5.41, 5.74) is 0.935. The quantitative estimate of drug-likeness (QED) is 0.851. The molecule has 0 bridgehead atoms. The lowest BCUT2D eigenvalue weighted by molar-refractivity contribution is 0.274. The van der Waals surface area contributed by atoms with Crippen molar-refractivity contribution in [2.24, 2.45) is 5.92 Å². The topological polar surface area (TPSA) is 54.4 Å². The van der Waals surface area contributed by atoms with E-state index in [0.717, 1.165) is 10.0 Å². The summed E-state index contributed by atoms with van der Waals surface area (Å²) in [6.07, 6.45) is 0. The minimum atomic E-state index is -3.48. The smallest absolute Gasteiger partial charge is 0.182 e. The lowest BCUT2D eigenvalue weighted by atomic mass is 10.1. The molecule has 0 spiro atoms. The van der Waals surface area contributed by atoms with Gasteiger partial charge in [0.05, 0.1) is 10.1 Å². The van der Waals surface area contributed by atoms with Gasteiger partial charge < -0.3 is 5.11 Å². The standard InChI is InChI=1S/C16H14BrClO3S/c17-11-3-1-10(2-4-11)15-14(9-19)16(15)22(20,21)13-7-5-12(18)6-8-13/h1-8,14-16,19H,9H2/t14-,15+,16+/m0/s1. The molecule has 1 aliphatic rings. The number of sulfone groups is 1. The molecular weight excluding hydrogens is 388 g/mol. The van der Waals surface area contributed by atoms with E-state index in [9.17, 15) is 13.5 Å². The molecule has 0 unspecified atom stereocenters. The van der Waals surface area contributed by atoms with E-state index in [1.807, 2.05) is 24.3 Å². The molecule has 116 valence electrons. The van der Waals surface area contributed by atoms with Crippen molar-refractivity contribution in [2.45, 2.75) is 16.1 Å². The van der Waals surface area contributed by atoms with Crippen LogP contribution in [0.15, 0.2) is 57.9 Å². The molecule has 3 atom stereocenters. The van der Waals surface area contributed by atoms with Crippen molar-refractivity contribution in [3.8, 4) is 0 Å². The Labute approximate surface area is 143 Å². The Kier molecular flexibility index (Phi) is 4.34. The number of hydrogen-bond donors (Lipinski definition) is 1. The molecule has 0 heterocycles. The summed E-state index contributed by atoms with van der Waals surface area (Å²) < 4.78 is 26.5. The minimum Gasteiger partial charge on any atom is -0.396 e. The van der Waals surface area contributed by atoms with E-state index in [1.165, 1.54) is 12.1 Å². The Morgan fingerprint density at radius 3 is 2.18 bits per heavy atom. The van der Waals surface area contributed by atoms with Crippen molar-refractivity contribution in [3.05, 3.63) is 63.6 Å². The normalized spacial score (nSPS) is 24.2. The van der Waals surface area contributed by atoms with Crippen LogP contribution in [0.1, 0.15) is 11.5 Å². The number of aliphatic hydroxyl groups is 1. The molecule has 0 saturated heterocycles. The zero-order chi connectivity index (χ0) is 15.9. The van der Waals surface area contributed by atoms with E-state index >= 15 is 0 Å². The first-order chi connectivity index (χ1) is 10.4. The molecule has 1 fully saturated rings. The van der Waals surface area contributed by atoms with Gasteiger partial charge in [0.15, 0.2) is 9.84 Å². The van der Waals surface area contributed by atoms with Crippen LogP contribution in [0, 0.1) is 5.92 Å². The minimum absolute atomic E-state index is 0.141. The Hall–Kier alpha value is -0.880. The molecule has 22 heavy (non-hydrogen) atoms. The van der Waals surface area contributed by atoms with Crippen molar-refractivity contribution in [1.82, 2.24) is 0 Å². The number of rotatable bonds is 4. The highest BCUT2D eigenvalue weighted by Gasteiger charge is 2.58. The largest absolute Gasteiger partial charge is 0.396 e. The molecule has 6 heteroatoms. The highest BCUT2D eigenvalue weighted by Crippen LogP contribution is 2.53. The molecule has 1 saturated carbocycles. The second kappa shape index (κ2) is 5.96. The Morgan fingerprint density at radius 1 is 1.05 bits per heavy atom. The third kappa shape index (κ3) is 2.83. The lowest BCUT2D eigenvalue weighted by Crippen LogP contribution is -2.11. The molecular formula is C16H14BrClO3S. The Balaban J connectivity index is 1.93. The first-order valence-electron chi connectivity index (χ1n) is 6.81. The van der Waals surface area contributed by atoms with Crippen molar-refractivity contribution >= 4 is 37.4 Å². The summed E-state index contributed by atoms with van der Waals surface area (Å²) in [7, 11) is -3.48. The van der Waals surface area contributed by atoms with Crippen molar-refractivity contribution in [2.75, 3.05) is 6.61 Å². The summed E-state index contributed by atoms with van der Waals surface area (Å²) in [5.74, 6) is -0.430. The molecule has 2 aromatic carbocycles. The molecule has 0 aliphatic heterocycles. The third-order valence-electron chi connectivity index (χ3n) is 4.06. The molecule has 3 rings (SSSR count). The zero-order valence-electron chi connectivity index (χ0n) is 11.5. The number of halogens is 2. The van der Waals surface area contributed by atoms with Gasteiger partial charge in [-0.25, -0.2) is 8.42 Å². The van der Waals surface area contributed by atoms with Crippen molar-refractivity contribution in [3.63, 3.8) is 0 Å². The number of benzene rings is 2. The summed E-state index contributed by atoms with van der Waals surface area (Å²) in [5, 5.41) is 9.44. The predicted octanol–water partition coefficient (Wildman–Crippen LogP) is 3.65. The van der Waals surface area contributed by atoms with Crippen LogP contribution >= 0.6 is 27.5 Å². The van der Waals surface area contributed by atoms with Gasteiger partial charge in [-0.1, -0.05) is 39.7 Å². The van der Waals surface area contributed by atoms with Gasteiger partial charge in [0.25, 0.3) is 0 Å². The van der Waals surface area contributed by atoms with Crippen LogP contribution in [0.4, 0.5) is 0 Å². The average Bonchev–Trinajstić information content (AvgIpc) is 3.24. The fraction of sp³-hybridized carbons (Fsp3) is 0.250. The lowest BCUT2D eigenvalue weighted by Gasteiger charge is -2.04. The van der Waals surface area contributed by atoms with Gasteiger partial charge in [0, 0.05) is 27.9 Å². The number of aliphatic hydroxyl groups excluding tert-OH is 1. The van der Waals surface area contributed by atoms with Crippen LogP contribution in [0.2, 0.25) is 5.02 Å². The van der Waals surface area contributed by atoms with E-state index in [4.69, 9.17) is 11.6 Å². The summed E-state index contributed by atoms with van der Waals surface area (Å²) in [6.45, 7) is -0.141. The highest BCUT2D eigenvalue weighted by molar-refractivity contribution is 9.10. The van der Waals surface area contributed by atoms with Crippen LogP contribution in [0.3, 0.4) is 0 Å². The summed E-state index contributed by atoms with van der Waals surface area (Å²) >= 11 is 9.18. The van der Waals surface area contributed by atoms with E-state index in [-0.39, 0.29) is 23.3 Å². The molecule has 1 N–H and O–H groups in total. The fourth-order valence-electron chi connectivity index (χ4n) is 2.89. The van der Waals surface area contributed by atoms with Gasteiger partial charge in [0.1, 0.15) is 0 Å². The zero-order valence-corrected chi connectivity index (χ0v) is 14.6. The molecule has 0 aromatic heterocycles. The van der Waals surface area contributed by atoms with Crippen molar-refractivity contribution in [1.29, 1.82) is 0 Å². The van der Waals surface area contributed by atoms with Crippen LogP contribution in [-0.2, 0) is 9.84 Å². The van der Waals surface area contributed by atoms with E-state index in [1.54, 1.807) is 12.1 Å². The SMILES string of the molecule is O=S(=O)(c1ccc(Cl)cc1)[C@@H]1[C@@H](CO)[C@H]1c1ccc(Br)cc1. The summed E-state index contributed by atoms with van der Waals surface area (Å²) in [4.78, 5) is 0.250. The second-order valence-electron chi connectivity index (χ2n) is 5.39. The van der Waals surface area contributed by atoms with Gasteiger partial charge in [-0.2, -0.15) is 0 Å². The van der Waals surface area contributed by atoms with Crippen LogP contribution in [0.5, 0.6) is 0 Å². The second-order valence-corrected chi connectivity index (χ2v) is 8.85. The maximum atomic E-state index is 12.8. The van der Waals surface area contributed by atoms with E-state index in [0.29, 0.717) is 5.02 Å². The first-order valence-corrected chi connectivity index (χ1v) is 9.52. The first kappa shape index (κ1) is 16.0. The number of hydrogen-bond acceptors (Lipinski definition) is 3. The monoisotopic (exact) mass is 400 g/mol. The van der Waals surface area contributed by atoms with Crippen LogP contribution < -0.4 is 0 Å². The van der Waals surface area contributed by atoms with Gasteiger partial charge in [-0.3, -0.25) is 0 Å². The van der Waals surface area contributed by atoms with Gasteiger partial charge in [-0.15, -0.1) is 0 Å². The van der Waals surface area contributed by atoms with E-state index in [2.05, 4.69) is 15.9 Å². The summed E-state index contributed by atoms with van der Waals surface area (Å²) in [6, 6.07) is 13.7. The third-order valence-corrected chi connectivity index (χ3v) is 7.13. The molecule has 0 amide bonds. The maximum Gasteiger partial charge on any atom is 0.182 e. The van der Waals surface area contributed by atoms with Crippen molar-refractivity contribution < 1.29 is 13.5 Å². The molecule has 2 aromatic rings. The van der Waals surface area contributed by atoms with E-state index < -0.39 is 15.1 Å². The fourth-order valence-corrected chi connectivity index (χ4v) is 5.48. The Bertz CT molecular complexity index is 772. The molecule has 1 aliphatic carbocycles. The molecule has 3 nitrogen and oxygen atoms in total. The van der Waals surface area contributed by atoms with Crippen LogP contribution in [-0.4, -0.2) is 25.4 Å². The van der Waals surface area contributed by atoms with Gasteiger partial charge in [-0.05, 0) is 42.0 Å². The van der Waals surface area contributed by atoms with Gasteiger partial charge in [0.2, 0.25) is 0 Å². The van der Waals surface area contributed by atoms with Gasteiger partial charge >= 0.3 is 0 Å².